The van der Waals surface area contributed by atoms with Crippen molar-refractivity contribution in [3.05, 3.63) is 69.9 Å². The molecule has 0 N–H and O–H groups in total. The maximum absolute atomic E-state index is 13.2. The van der Waals surface area contributed by atoms with Crippen molar-refractivity contribution in [2.75, 3.05) is 26.2 Å². The van der Waals surface area contributed by atoms with Gasteiger partial charge in [0.15, 0.2) is 0 Å². The molecule has 3 heterocycles. The van der Waals surface area contributed by atoms with E-state index in [9.17, 15) is 13.2 Å². The molecule has 0 unspecified atom stereocenters. The summed E-state index contributed by atoms with van der Waals surface area (Å²) in [5.41, 5.74) is 3.26. The second-order valence-electron chi connectivity index (χ2n) is 7.75. The van der Waals surface area contributed by atoms with E-state index in [1.54, 1.807) is 11.0 Å². The van der Waals surface area contributed by atoms with Crippen LogP contribution in [0, 0.1) is 20.8 Å². The van der Waals surface area contributed by atoms with Crippen LogP contribution in [0.5, 0.6) is 0 Å². The number of benzene rings is 1. The number of sulfonamides is 1. The summed E-state index contributed by atoms with van der Waals surface area (Å²) in [6.07, 6.45) is 0. The molecule has 0 radical (unpaired) electrons. The summed E-state index contributed by atoms with van der Waals surface area (Å²) in [6, 6.07) is 13.5. The number of rotatable bonds is 5. The second kappa shape index (κ2) is 8.57. The van der Waals surface area contributed by atoms with Gasteiger partial charge in [-0.3, -0.25) is 9.48 Å². The summed E-state index contributed by atoms with van der Waals surface area (Å²) < 4.78 is 29.4. The Morgan fingerprint density at radius 2 is 1.68 bits per heavy atom. The zero-order chi connectivity index (χ0) is 22.2. The van der Waals surface area contributed by atoms with Crippen LogP contribution >= 0.6 is 11.3 Å². The van der Waals surface area contributed by atoms with Gasteiger partial charge < -0.3 is 4.90 Å². The molecule has 3 aromatic rings. The van der Waals surface area contributed by atoms with Crippen molar-refractivity contribution in [1.29, 1.82) is 0 Å². The van der Waals surface area contributed by atoms with E-state index in [1.807, 2.05) is 61.9 Å². The van der Waals surface area contributed by atoms with E-state index in [0.29, 0.717) is 48.2 Å². The third-order valence-electron chi connectivity index (χ3n) is 5.61. The average Bonchev–Trinajstić information content (AvgIpc) is 3.32. The third-order valence-corrected chi connectivity index (χ3v) is 8.97. The molecule has 7 nitrogen and oxygen atoms in total. The van der Waals surface area contributed by atoms with Gasteiger partial charge in [-0.05, 0) is 38.5 Å². The van der Waals surface area contributed by atoms with Gasteiger partial charge in [-0.1, -0.05) is 30.3 Å². The number of piperazine rings is 1. The van der Waals surface area contributed by atoms with E-state index in [-0.39, 0.29) is 5.91 Å². The van der Waals surface area contributed by atoms with Crippen LogP contribution in [-0.2, 0) is 16.6 Å². The predicted molar refractivity (Wildman–Crippen MR) is 121 cm³/mol. The summed E-state index contributed by atoms with van der Waals surface area (Å²) in [7, 11) is -3.50. The van der Waals surface area contributed by atoms with Crippen LogP contribution in [0.2, 0.25) is 0 Å². The second-order valence-corrected chi connectivity index (χ2v) is 11.2. The molecule has 1 aromatic carbocycles. The van der Waals surface area contributed by atoms with E-state index in [0.717, 1.165) is 16.1 Å². The van der Waals surface area contributed by atoms with Gasteiger partial charge in [0.05, 0.1) is 17.8 Å². The molecule has 1 saturated heterocycles. The highest BCUT2D eigenvalue weighted by molar-refractivity contribution is 7.91. The Morgan fingerprint density at radius 3 is 2.29 bits per heavy atom. The molecule has 164 valence electrons. The fourth-order valence-electron chi connectivity index (χ4n) is 3.88. The van der Waals surface area contributed by atoms with Crippen molar-refractivity contribution < 1.29 is 13.2 Å². The molecule has 31 heavy (non-hydrogen) atoms. The standard InChI is InChI=1S/C22H26N4O3S2/c1-16-9-10-20(30-16)31(28,29)25-13-11-24(12-14-25)22(27)21-17(2)23-26(18(21)3)15-19-7-5-4-6-8-19/h4-10H,11-15H2,1-3H3. The third kappa shape index (κ3) is 4.30. The van der Waals surface area contributed by atoms with Crippen molar-refractivity contribution in [2.24, 2.45) is 0 Å². The van der Waals surface area contributed by atoms with Crippen LogP contribution in [0.3, 0.4) is 0 Å². The maximum atomic E-state index is 13.2. The van der Waals surface area contributed by atoms with Crippen molar-refractivity contribution in [3.63, 3.8) is 0 Å². The summed E-state index contributed by atoms with van der Waals surface area (Å²) in [6.45, 7) is 7.58. The predicted octanol–water partition coefficient (Wildman–Crippen LogP) is 3.06. The first-order valence-electron chi connectivity index (χ1n) is 10.2. The number of hydrogen-bond donors (Lipinski definition) is 0. The summed E-state index contributed by atoms with van der Waals surface area (Å²) in [5.74, 6) is -0.0849. The van der Waals surface area contributed by atoms with Gasteiger partial charge in [0.25, 0.3) is 15.9 Å². The number of carbonyl (C=O) groups excluding carboxylic acids is 1. The molecule has 0 bridgehead atoms. The minimum absolute atomic E-state index is 0.0849. The number of aromatic nitrogens is 2. The van der Waals surface area contributed by atoms with E-state index >= 15 is 0 Å². The van der Waals surface area contributed by atoms with Crippen LogP contribution < -0.4 is 0 Å². The molecular formula is C22H26N4O3S2. The Labute approximate surface area is 187 Å². The number of carbonyl (C=O) groups is 1. The Hall–Kier alpha value is -2.49. The molecular weight excluding hydrogens is 432 g/mol. The van der Waals surface area contributed by atoms with Gasteiger partial charge in [0.1, 0.15) is 4.21 Å². The Bertz CT molecular complexity index is 1190. The quantitative estimate of drug-likeness (QED) is 0.589. The lowest BCUT2D eigenvalue weighted by atomic mass is 10.1. The molecule has 9 heteroatoms. The first-order chi connectivity index (χ1) is 14.8. The normalized spacial score (nSPS) is 15.4. The van der Waals surface area contributed by atoms with E-state index in [2.05, 4.69) is 5.10 Å². The van der Waals surface area contributed by atoms with Crippen molar-refractivity contribution in [1.82, 2.24) is 19.0 Å². The molecule has 1 aliphatic rings. The molecule has 1 aliphatic heterocycles. The highest BCUT2D eigenvalue weighted by Gasteiger charge is 2.32. The zero-order valence-corrected chi connectivity index (χ0v) is 19.5. The highest BCUT2D eigenvalue weighted by atomic mass is 32.2. The molecule has 2 aromatic heterocycles. The van der Waals surface area contributed by atoms with E-state index in [4.69, 9.17) is 0 Å². The molecule has 0 spiro atoms. The average molecular weight is 459 g/mol. The lowest BCUT2D eigenvalue weighted by Gasteiger charge is -2.33. The fourth-order valence-corrected chi connectivity index (χ4v) is 6.74. The Morgan fingerprint density at radius 1 is 1.00 bits per heavy atom. The van der Waals surface area contributed by atoms with Crippen LogP contribution in [0.4, 0.5) is 0 Å². The number of nitrogens with zero attached hydrogens (tertiary/aromatic N) is 4. The SMILES string of the molecule is Cc1ccc(S(=O)(=O)N2CCN(C(=O)c3c(C)nn(Cc4ccccc4)c3C)CC2)s1. The van der Waals surface area contributed by atoms with Gasteiger partial charge in [-0.25, -0.2) is 8.42 Å². The van der Waals surface area contributed by atoms with Gasteiger partial charge in [-0.2, -0.15) is 9.40 Å². The molecule has 0 aliphatic carbocycles. The van der Waals surface area contributed by atoms with Gasteiger partial charge >= 0.3 is 0 Å². The molecule has 1 amide bonds. The molecule has 4 rings (SSSR count). The van der Waals surface area contributed by atoms with Gasteiger partial charge in [0, 0.05) is 36.8 Å². The van der Waals surface area contributed by atoms with Gasteiger partial charge in [0.2, 0.25) is 0 Å². The summed E-state index contributed by atoms with van der Waals surface area (Å²) in [5, 5.41) is 4.58. The van der Waals surface area contributed by atoms with Crippen molar-refractivity contribution >= 4 is 27.3 Å². The topological polar surface area (TPSA) is 75.5 Å². The number of hydrogen-bond acceptors (Lipinski definition) is 5. The Balaban J connectivity index is 1.47. The lowest BCUT2D eigenvalue weighted by Crippen LogP contribution is -2.50. The highest BCUT2D eigenvalue weighted by Crippen LogP contribution is 2.26. The molecule has 1 fully saturated rings. The van der Waals surface area contributed by atoms with E-state index < -0.39 is 10.0 Å². The minimum Gasteiger partial charge on any atom is -0.336 e. The molecule has 0 atom stereocenters. The summed E-state index contributed by atoms with van der Waals surface area (Å²) in [4.78, 5) is 15.9. The number of thiophene rings is 1. The molecule has 0 saturated carbocycles. The minimum atomic E-state index is -3.50. The largest absolute Gasteiger partial charge is 0.336 e. The lowest BCUT2D eigenvalue weighted by molar-refractivity contribution is 0.0696. The summed E-state index contributed by atoms with van der Waals surface area (Å²) >= 11 is 1.28. The monoisotopic (exact) mass is 458 g/mol. The Kier molecular flexibility index (Phi) is 6.00. The van der Waals surface area contributed by atoms with Crippen LogP contribution in [0.1, 0.15) is 32.2 Å². The van der Waals surface area contributed by atoms with Crippen LogP contribution in [0.25, 0.3) is 0 Å². The number of aryl methyl sites for hydroxylation is 2. The number of amides is 1. The fraction of sp³-hybridized carbons (Fsp3) is 0.364. The van der Waals surface area contributed by atoms with Gasteiger partial charge in [-0.15, -0.1) is 11.3 Å². The zero-order valence-electron chi connectivity index (χ0n) is 17.9. The first-order valence-corrected chi connectivity index (χ1v) is 12.5. The maximum Gasteiger partial charge on any atom is 0.257 e. The van der Waals surface area contributed by atoms with Crippen molar-refractivity contribution in [3.8, 4) is 0 Å². The van der Waals surface area contributed by atoms with Crippen molar-refractivity contribution in [2.45, 2.75) is 31.5 Å². The van der Waals surface area contributed by atoms with Crippen LogP contribution in [0.15, 0.2) is 46.7 Å². The smallest absolute Gasteiger partial charge is 0.257 e. The van der Waals surface area contributed by atoms with Crippen LogP contribution in [-0.4, -0.2) is 59.5 Å². The first kappa shape index (κ1) is 21.7. The van der Waals surface area contributed by atoms with E-state index in [1.165, 1.54) is 15.6 Å².